The van der Waals surface area contributed by atoms with Crippen molar-refractivity contribution in [3.8, 4) is 0 Å². The van der Waals surface area contributed by atoms with E-state index in [9.17, 15) is 19.5 Å². The Hall–Kier alpha value is -3.64. The second-order valence-electron chi connectivity index (χ2n) is 7.42. The van der Waals surface area contributed by atoms with E-state index in [4.69, 9.17) is 22.0 Å². The number of rotatable bonds is 8. The van der Waals surface area contributed by atoms with Gasteiger partial charge in [0.15, 0.2) is 5.13 Å². The van der Waals surface area contributed by atoms with Gasteiger partial charge in [-0.2, -0.15) is 9.36 Å². The Kier molecular flexibility index (Phi) is 7.18. The van der Waals surface area contributed by atoms with E-state index >= 15 is 0 Å². The number of β-lactam (4-membered cyclic amide) rings is 1. The zero-order valence-corrected chi connectivity index (χ0v) is 21.3. The molecule has 7 N–H and O–H groups in total. The van der Waals surface area contributed by atoms with Gasteiger partial charge < -0.3 is 37.3 Å². The number of aliphatic carboxylic acids is 1. The Morgan fingerprint density at radius 1 is 1.39 bits per heavy atom. The summed E-state index contributed by atoms with van der Waals surface area (Å²) in [7, 11) is 2.94. The van der Waals surface area contributed by atoms with E-state index in [1.54, 1.807) is 11.6 Å². The van der Waals surface area contributed by atoms with Gasteiger partial charge in [-0.05, 0) is 17.3 Å². The largest absolute Gasteiger partial charge is 0.543 e. The molecule has 2 amide bonds. The number of oxime groups is 1. The van der Waals surface area contributed by atoms with E-state index in [-0.39, 0.29) is 39.7 Å². The number of carboxylic acids is 1. The van der Waals surface area contributed by atoms with Gasteiger partial charge in [0.25, 0.3) is 11.8 Å². The molecular weight excluding hydrogens is 532 g/mol. The molecule has 0 aromatic carbocycles. The van der Waals surface area contributed by atoms with Crippen LogP contribution < -0.4 is 32.2 Å². The first-order chi connectivity index (χ1) is 17.1. The molecule has 2 atom stereocenters. The van der Waals surface area contributed by atoms with Crippen molar-refractivity contribution in [3.63, 3.8) is 0 Å². The topological polar surface area (TPSA) is 232 Å². The number of thioether (sulfide) groups is 2. The van der Waals surface area contributed by atoms with Crippen LogP contribution in [0.1, 0.15) is 5.82 Å². The number of fused-ring (bicyclic) bond motifs is 1. The van der Waals surface area contributed by atoms with Gasteiger partial charge in [-0.1, -0.05) is 10.1 Å². The van der Waals surface area contributed by atoms with Crippen molar-refractivity contribution < 1.29 is 28.9 Å². The quantitative estimate of drug-likeness (QED) is 0.0641. The van der Waals surface area contributed by atoms with Gasteiger partial charge in [0, 0.05) is 23.0 Å². The highest BCUT2D eigenvalue weighted by atomic mass is 32.2. The summed E-state index contributed by atoms with van der Waals surface area (Å²) in [5, 5.41) is 18.1. The van der Waals surface area contributed by atoms with Crippen molar-refractivity contribution in [1.29, 1.82) is 0 Å². The lowest BCUT2D eigenvalue weighted by atomic mass is 10.0. The fraction of sp³-hybridized carbons (Fsp3) is 0.333. The summed E-state index contributed by atoms with van der Waals surface area (Å²) in [6.45, 7) is 0. The number of carboxylic acid groups (broad SMARTS) is 1. The fourth-order valence-electron chi connectivity index (χ4n) is 3.46. The van der Waals surface area contributed by atoms with Crippen molar-refractivity contribution in [2.24, 2.45) is 12.2 Å². The predicted octanol–water partition coefficient (Wildman–Crippen LogP) is -2.95. The molecule has 4 rings (SSSR count). The smallest absolute Gasteiger partial charge is 0.301 e. The molecule has 0 bridgehead atoms. The Morgan fingerprint density at radius 3 is 2.78 bits per heavy atom. The summed E-state index contributed by atoms with van der Waals surface area (Å²) < 4.78 is 5.54. The highest BCUT2D eigenvalue weighted by Gasteiger charge is 2.53. The summed E-state index contributed by atoms with van der Waals surface area (Å²) in [6, 6.07) is 0.504. The molecule has 36 heavy (non-hydrogen) atoms. The summed E-state index contributed by atoms with van der Waals surface area (Å²) in [5.74, 6) is -1.84. The van der Waals surface area contributed by atoms with Crippen LogP contribution in [0.2, 0.25) is 0 Å². The third kappa shape index (κ3) is 4.73. The Labute approximate surface area is 216 Å². The van der Waals surface area contributed by atoms with Crippen molar-refractivity contribution in [2.75, 3.05) is 35.8 Å². The molecule has 15 nitrogen and oxygen atoms in total. The van der Waals surface area contributed by atoms with E-state index in [0.29, 0.717) is 16.5 Å². The molecule has 0 saturated carbocycles. The van der Waals surface area contributed by atoms with Gasteiger partial charge >= 0.3 is 5.16 Å². The molecule has 2 aliphatic rings. The maximum atomic E-state index is 12.9. The van der Waals surface area contributed by atoms with Gasteiger partial charge in [0.1, 0.15) is 18.5 Å². The van der Waals surface area contributed by atoms with Crippen molar-refractivity contribution in [1.82, 2.24) is 24.6 Å². The standard InChI is InChI=1S/C18H20N10O5S3/c1-27-8(20)3-7(19)22-18(27)35-5-6-4-34-15-10(14(30)28(15)11(6)16(31)32)23-13(29)9(25-33-2)12-24-17(21)36-26-12/h3,10,15H,4-5H2,1-2H3,(H7,19,20,21,23,24,26,29,31,32)/b25-9-/t10?,15-/m1/s1. The lowest BCUT2D eigenvalue weighted by Crippen LogP contribution is -2.71. The number of carbonyl (C=O) groups is 3. The van der Waals surface area contributed by atoms with Crippen LogP contribution in [0.15, 0.2) is 27.6 Å². The number of nitrogens with one attached hydrogen (secondary N) is 1. The minimum atomic E-state index is -1.50. The number of anilines is 3. The average Bonchev–Trinajstić information content (AvgIpc) is 3.26. The van der Waals surface area contributed by atoms with E-state index in [0.717, 1.165) is 16.4 Å². The molecule has 190 valence electrons. The van der Waals surface area contributed by atoms with E-state index in [1.165, 1.54) is 36.7 Å². The van der Waals surface area contributed by atoms with E-state index in [2.05, 4.69) is 24.8 Å². The summed E-state index contributed by atoms with van der Waals surface area (Å²) in [6.07, 6.45) is 0. The molecule has 0 aliphatic carbocycles. The van der Waals surface area contributed by atoms with Gasteiger partial charge in [0.05, 0.1) is 24.8 Å². The van der Waals surface area contributed by atoms with Crippen LogP contribution in [0.5, 0.6) is 0 Å². The first-order valence-corrected chi connectivity index (χ1v) is 12.9. The number of hydrogen-bond donors (Lipinski definition) is 4. The third-order valence-corrected chi connectivity index (χ3v) is 8.15. The van der Waals surface area contributed by atoms with Crippen LogP contribution >= 0.6 is 35.1 Å². The number of aromatic nitrogens is 4. The number of nitrogen functional groups attached to an aromatic ring is 3. The normalized spacial score (nSPS) is 19.6. The second-order valence-corrected chi connectivity index (χ2v) is 10.2. The molecule has 0 spiro atoms. The Morgan fingerprint density at radius 2 is 2.14 bits per heavy atom. The zero-order chi connectivity index (χ0) is 26.1. The Bertz CT molecular complexity index is 1310. The lowest BCUT2D eigenvalue weighted by Gasteiger charge is -2.50. The minimum absolute atomic E-state index is 0.0598. The number of nitrogens with two attached hydrogens (primary N) is 3. The number of hydrogen-bond acceptors (Lipinski definition) is 15. The summed E-state index contributed by atoms with van der Waals surface area (Å²) in [4.78, 5) is 51.7. The van der Waals surface area contributed by atoms with Gasteiger partial charge in [-0.3, -0.25) is 14.5 Å². The molecule has 2 aliphatic heterocycles. The lowest BCUT2D eigenvalue weighted by molar-refractivity contribution is -0.698. The zero-order valence-electron chi connectivity index (χ0n) is 18.8. The second kappa shape index (κ2) is 10.2. The molecule has 1 unspecified atom stereocenters. The maximum Gasteiger partial charge on any atom is 0.301 e. The molecule has 2 aromatic heterocycles. The van der Waals surface area contributed by atoms with Crippen LogP contribution in [0.25, 0.3) is 0 Å². The fourth-order valence-corrected chi connectivity index (χ4v) is 6.38. The van der Waals surface area contributed by atoms with Gasteiger partial charge in [0.2, 0.25) is 23.2 Å². The predicted molar refractivity (Wildman–Crippen MR) is 130 cm³/mol. The summed E-state index contributed by atoms with van der Waals surface area (Å²) >= 11 is 3.38. The van der Waals surface area contributed by atoms with Crippen molar-refractivity contribution >= 4 is 75.3 Å². The van der Waals surface area contributed by atoms with E-state index in [1.807, 2.05) is 0 Å². The van der Waals surface area contributed by atoms with Crippen LogP contribution in [-0.4, -0.2) is 72.8 Å². The number of amides is 2. The maximum absolute atomic E-state index is 12.9. The van der Waals surface area contributed by atoms with Crippen molar-refractivity contribution in [3.05, 3.63) is 23.2 Å². The van der Waals surface area contributed by atoms with Gasteiger partial charge in [-0.15, -0.1) is 11.8 Å². The Balaban J connectivity index is 1.51. The van der Waals surface area contributed by atoms with Crippen LogP contribution in [0, 0.1) is 0 Å². The minimum Gasteiger partial charge on any atom is -0.543 e. The number of nitrogens with zero attached hydrogens (tertiary/aromatic N) is 6. The highest BCUT2D eigenvalue weighted by molar-refractivity contribution is 8.01. The van der Waals surface area contributed by atoms with Crippen LogP contribution in [0.3, 0.4) is 0 Å². The molecule has 0 radical (unpaired) electrons. The third-order valence-electron chi connectivity index (χ3n) is 5.15. The average molecular weight is 553 g/mol. The molecule has 4 heterocycles. The van der Waals surface area contributed by atoms with Crippen LogP contribution in [0.4, 0.5) is 16.8 Å². The SMILES string of the molecule is CO/N=C(\C(=O)NC1C(=O)N2C(C(=O)[O-])=C(CSc3nc(N)cc(N)[n+]3C)CS[C@H]12)c1nsc(N)n1. The van der Waals surface area contributed by atoms with Gasteiger partial charge in [-0.25, -0.2) is 4.57 Å². The molecule has 18 heteroatoms. The highest BCUT2D eigenvalue weighted by Crippen LogP contribution is 2.41. The van der Waals surface area contributed by atoms with Crippen molar-refractivity contribution in [2.45, 2.75) is 16.6 Å². The summed E-state index contributed by atoms with van der Waals surface area (Å²) in [5.41, 5.74) is 17.2. The first kappa shape index (κ1) is 25.5. The molecule has 1 saturated heterocycles. The monoisotopic (exact) mass is 552 g/mol. The molecule has 1 fully saturated rings. The molecular formula is C18H20N10O5S3. The first-order valence-electron chi connectivity index (χ1n) is 10.1. The van der Waals surface area contributed by atoms with E-state index < -0.39 is 29.2 Å². The molecule has 2 aromatic rings. The van der Waals surface area contributed by atoms with Crippen LogP contribution in [-0.2, 0) is 26.3 Å². The number of carbonyl (C=O) groups excluding carboxylic acids is 3.